The van der Waals surface area contributed by atoms with Crippen LogP contribution in [0.2, 0.25) is 0 Å². The summed E-state index contributed by atoms with van der Waals surface area (Å²) in [5, 5.41) is 2.56. The van der Waals surface area contributed by atoms with E-state index in [0.29, 0.717) is 12.2 Å². The summed E-state index contributed by atoms with van der Waals surface area (Å²) in [6.07, 6.45) is 0.106. The minimum Gasteiger partial charge on any atom is -0.466 e. The van der Waals surface area contributed by atoms with E-state index >= 15 is 0 Å². The van der Waals surface area contributed by atoms with Crippen molar-refractivity contribution in [3.63, 3.8) is 0 Å². The van der Waals surface area contributed by atoms with Gasteiger partial charge in [-0.05, 0) is 25.1 Å². The number of rotatable bonds is 6. The Bertz CT molecular complexity index is 485. The molecule has 0 saturated carbocycles. The van der Waals surface area contributed by atoms with Gasteiger partial charge in [0, 0.05) is 17.7 Å². The molecule has 0 bridgehead atoms. The van der Waals surface area contributed by atoms with Gasteiger partial charge >= 0.3 is 5.97 Å². The topological polar surface area (TPSA) is 98.5 Å². The second kappa shape index (κ2) is 7.15. The number of amides is 2. The highest BCUT2D eigenvalue weighted by Crippen LogP contribution is 2.04. The van der Waals surface area contributed by atoms with Crippen LogP contribution in [0.1, 0.15) is 34.1 Å². The minimum absolute atomic E-state index is 0.106. The Morgan fingerprint density at radius 1 is 1.26 bits per heavy atom. The summed E-state index contributed by atoms with van der Waals surface area (Å²) in [6.45, 7) is 2.21. The molecule has 19 heavy (non-hydrogen) atoms. The predicted octanol–water partition coefficient (Wildman–Crippen LogP) is 0.468. The third kappa shape index (κ3) is 4.79. The Morgan fingerprint density at radius 3 is 2.58 bits per heavy atom. The summed E-state index contributed by atoms with van der Waals surface area (Å²) in [5.41, 5.74) is 5.71. The number of ether oxygens (including phenoxy) is 1. The molecule has 6 nitrogen and oxygen atoms in total. The maximum atomic E-state index is 11.7. The molecule has 0 aromatic heterocycles. The Kier molecular flexibility index (Phi) is 5.53. The van der Waals surface area contributed by atoms with Crippen molar-refractivity contribution in [1.82, 2.24) is 5.32 Å². The van der Waals surface area contributed by atoms with Crippen LogP contribution in [-0.2, 0) is 9.53 Å². The highest BCUT2D eigenvalue weighted by atomic mass is 16.5. The van der Waals surface area contributed by atoms with E-state index in [0.717, 1.165) is 0 Å². The van der Waals surface area contributed by atoms with E-state index in [-0.39, 0.29) is 30.4 Å². The molecule has 2 amide bonds. The molecule has 6 heteroatoms. The van der Waals surface area contributed by atoms with Gasteiger partial charge in [0.25, 0.3) is 5.91 Å². The molecule has 0 saturated heterocycles. The fourth-order valence-electron chi connectivity index (χ4n) is 1.43. The second-order valence-corrected chi connectivity index (χ2v) is 3.76. The molecule has 0 heterocycles. The van der Waals surface area contributed by atoms with Gasteiger partial charge in [0.2, 0.25) is 5.91 Å². The maximum Gasteiger partial charge on any atom is 0.307 e. The summed E-state index contributed by atoms with van der Waals surface area (Å²) < 4.78 is 4.73. The highest BCUT2D eigenvalue weighted by Gasteiger charge is 2.09. The summed E-state index contributed by atoms with van der Waals surface area (Å²) >= 11 is 0. The summed E-state index contributed by atoms with van der Waals surface area (Å²) in [4.78, 5) is 33.8. The number of esters is 1. The maximum absolute atomic E-state index is 11.7. The minimum atomic E-state index is -0.596. The van der Waals surface area contributed by atoms with Crippen LogP contribution >= 0.6 is 0 Å². The fourth-order valence-corrected chi connectivity index (χ4v) is 1.43. The van der Waals surface area contributed by atoms with Gasteiger partial charge < -0.3 is 15.8 Å². The van der Waals surface area contributed by atoms with Crippen LogP contribution in [0.5, 0.6) is 0 Å². The molecule has 1 aromatic carbocycles. The lowest BCUT2D eigenvalue weighted by atomic mass is 10.1. The number of carbonyl (C=O) groups excluding carboxylic acids is 3. The van der Waals surface area contributed by atoms with Gasteiger partial charge in [-0.25, -0.2) is 0 Å². The van der Waals surface area contributed by atoms with Crippen molar-refractivity contribution in [3.8, 4) is 0 Å². The van der Waals surface area contributed by atoms with Gasteiger partial charge in [0.05, 0.1) is 13.0 Å². The number of nitrogens with one attached hydrogen (secondary N) is 1. The van der Waals surface area contributed by atoms with Crippen molar-refractivity contribution in [2.45, 2.75) is 13.3 Å². The number of hydrogen-bond acceptors (Lipinski definition) is 4. The third-order valence-electron chi connectivity index (χ3n) is 2.33. The Morgan fingerprint density at radius 2 is 1.95 bits per heavy atom. The van der Waals surface area contributed by atoms with Gasteiger partial charge in [0.15, 0.2) is 0 Å². The smallest absolute Gasteiger partial charge is 0.307 e. The van der Waals surface area contributed by atoms with E-state index in [1.165, 1.54) is 12.1 Å². The number of hydrogen-bond donors (Lipinski definition) is 2. The monoisotopic (exact) mass is 264 g/mol. The van der Waals surface area contributed by atoms with Crippen LogP contribution in [0.15, 0.2) is 24.3 Å². The summed E-state index contributed by atoms with van der Waals surface area (Å²) in [6, 6.07) is 6.06. The summed E-state index contributed by atoms with van der Waals surface area (Å²) in [7, 11) is 0. The number of benzene rings is 1. The van der Waals surface area contributed by atoms with Crippen LogP contribution in [0.4, 0.5) is 0 Å². The molecule has 1 aromatic rings. The first-order valence-electron chi connectivity index (χ1n) is 5.88. The van der Waals surface area contributed by atoms with Crippen LogP contribution in [0.25, 0.3) is 0 Å². The molecule has 0 spiro atoms. The van der Waals surface area contributed by atoms with E-state index in [2.05, 4.69) is 5.32 Å². The zero-order valence-electron chi connectivity index (χ0n) is 10.6. The van der Waals surface area contributed by atoms with Crippen molar-refractivity contribution in [1.29, 1.82) is 0 Å². The van der Waals surface area contributed by atoms with Crippen LogP contribution < -0.4 is 11.1 Å². The average molecular weight is 264 g/mol. The second-order valence-electron chi connectivity index (χ2n) is 3.76. The number of nitrogens with two attached hydrogens (primary N) is 1. The molecule has 0 aliphatic rings. The molecule has 0 radical (unpaired) electrons. The Labute approximate surface area is 110 Å². The quantitative estimate of drug-likeness (QED) is 0.729. The van der Waals surface area contributed by atoms with Crippen LogP contribution in [0, 0.1) is 0 Å². The van der Waals surface area contributed by atoms with E-state index in [1.807, 2.05) is 0 Å². The fraction of sp³-hybridized carbons (Fsp3) is 0.308. The largest absolute Gasteiger partial charge is 0.466 e. The van der Waals surface area contributed by atoms with Crippen molar-refractivity contribution in [3.05, 3.63) is 35.4 Å². The number of carbonyl (C=O) groups is 3. The van der Waals surface area contributed by atoms with Gasteiger partial charge in [-0.3, -0.25) is 14.4 Å². The lowest BCUT2D eigenvalue weighted by Gasteiger charge is -2.06. The zero-order valence-corrected chi connectivity index (χ0v) is 10.6. The lowest BCUT2D eigenvalue weighted by molar-refractivity contribution is -0.142. The van der Waals surface area contributed by atoms with Crippen molar-refractivity contribution < 1.29 is 19.1 Å². The predicted molar refractivity (Wildman–Crippen MR) is 68.5 cm³/mol. The van der Waals surface area contributed by atoms with E-state index in [1.54, 1.807) is 19.1 Å². The first-order valence-corrected chi connectivity index (χ1v) is 5.88. The molecule has 1 rings (SSSR count). The van der Waals surface area contributed by atoms with E-state index < -0.39 is 5.91 Å². The summed E-state index contributed by atoms with van der Waals surface area (Å²) in [5.74, 6) is -1.33. The van der Waals surface area contributed by atoms with Crippen molar-refractivity contribution in [2.75, 3.05) is 13.2 Å². The van der Waals surface area contributed by atoms with E-state index in [9.17, 15) is 14.4 Å². The number of primary amides is 1. The first kappa shape index (κ1) is 14.7. The normalized spacial score (nSPS) is 9.74. The van der Waals surface area contributed by atoms with Crippen molar-refractivity contribution >= 4 is 17.8 Å². The SMILES string of the molecule is CCOC(=O)CCNC(=O)c1cccc(C(N)=O)c1. The van der Waals surface area contributed by atoms with Gasteiger partial charge in [0.1, 0.15) is 0 Å². The third-order valence-corrected chi connectivity index (χ3v) is 2.33. The van der Waals surface area contributed by atoms with E-state index in [4.69, 9.17) is 10.5 Å². The first-order chi connectivity index (χ1) is 9.04. The molecule has 0 aliphatic carbocycles. The Hall–Kier alpha value is -2.37. The van der Waals surface area contributed by atoms with Crippen LogP contribution in [-0.4, -0.2) is 30.9 Å². The molecule has 3 N–H and O–H groups in total. The molecule has 0 atom stereocenters. The molecular formula is C13H16N2O4. The van der Waals surface area contributed by atoms with Crippen molar-refractivity contribution in [2.24, 2.45) is 5.73 Å². The molecule has 102 valence electrons. The highest BCUT2D eigenvalue weighted by molar-refractivity contribution is 5.99. The molecule has 0 aliphatic heterocycles. The van der Waals surface area contributed by atoms with Gasteiger partial charge in [-0.2, -0.15) is 0 Å². The van der Waals surface area contributed by atoms with Gasteiger partial charge in [-0.1, -0.05) is 6.07 Å². The van der Waals surface area contributed by atoms with Crippen LogP contribution in [0.3, 0.4) is 0 Å². The zero-order chi connectivity index (χ0) is 14.3. The van der Waals surface area contributed by atoms with Gasteiger partial charge in [-0.15, -0.1) is 0 Å². The molecular weight excluding hydrogens is 248 g/mol. The molecule has 0 unspecified atom stereocenters. The average Bonchev–Trinajstić information content (AvgIpc) is 2.39. The molecule has 0 fully saturated rings. The Balaban J connectivity index is 2.52. The lowest BCUT2D eigenvalue weighted by Crippen LogP contribution is -2.26. The standard InChI is InChI=1S/C13H16N2O4/c1-2-19-11(16)6-7-15-13(18)10-5-3-4-9(8-10)12(14)17/h3-5,8H,2,6-7H2,1H3,(H2,14,17)(H,15,18).